The van der Waals surface area contributed by atoms with Gasteiger partial charge < -0.3 is 10.0 Å². The first-order valence-electron chi connectivity index (χ1n) is 4.36. The second-order valence-corrected chi connectivity index (χ2v) is 2.80. The predicted octanol–water partition coefficient (Wildman–Crippen LogP) is -0.175. The third-order valence-corrected chi connectivity index (χ3v) is 1.43. The summed E-state index contributed by atoms with van der Waals surface area (Å²) in [4.78, 5) is 0. The number of aromatic nitrogens is 2. The molecule has 0 amide bonds. The molecule has 1 aromatic rings. The van der Waals surface area contributed by atoms with E-state index in [1.807, 2.05) is 17.8 Å². The summed E-state index contributed by atoms with van der Waals surface area (Å²) in [5, 5.41) is 15.0. The molecule has 9 heteroatoms. The Morgan fingerprint density at radius 2 is 2.00 bits per heavy atom. The van der Waals surface area contributed by atoms with E-state index in [4.69, 9.17) is 10.0 Å². The van der Waals surface area contributed by atoms with Crippen LogP contribution in [0.1, 0.15) is 6.92 Å². The Balaban J connectivity index is 0.000000281. The minimum atomic E-state index is -4.98. The van der Waals surface area contributed by atoms with Gasteiger partial charge in [0.2, 0.25) is 6.33 Å². The minimum absolute atomic E-state index is 1.06. The van der Waals surface area contributed by atoms with Crippen LogP contribution in [-0.4, -0.2) is 28.3 Å². The van der Waals surface area contributed by atoms with Gasteiger partial charge in [0.05, 0.1) is 13.6 Å². The molecule has 0 fully saturated rings. The van der Waals surface area contributed by atoms with Gasteiger partial charge in [0.15, 0.2) is 0 Å². The van der Waals surface area contributed by atoms with E-state index in [2.05, 4.69) is 28.7 Å². The first-order valence-corrected chi connectivity index (χ1v) is 4.36. The summed E-state index contributed by atoms with van der Waals surface area (Å²) in [5.74, 6) is 0. The van der Waals surface area contributed by atoms with Crippen molar-refractivity contribution in [3.63, 3.8) is 0 Å². The van der Waals surface area contributed by atoms with E-state index in [-0.39, 0.29) is 0 Å². The van der Waals surface area contributed by atoms with Crippen molar-refractivity contribution in [1.29, 1.82) is 0 Å². The molecule has 0 radical (unpaired) electrons. The Kier molecular flexibility index (Phi) is 6.08. The average Bonchev–Trinajstić information content (AvgIpc) is 2.47. The number of aryl methyl sites for hydroxylation is 2. The summed E-state index contributed by atoms with van der Waals surface area (Å²) in [6.45, 7) is 3.18. The highest BCUT2D eigenvalue weighted by atomic mass is 19.4. The number of hydrogen-bond acceptors (Lipinski definition) is 3. The minimum Gasteiger partial charge on any atom is -0.402 e. The van der Waals surface area contributed by atoms with E-state index in [1.165, 1.54) is 0 Å². The molecule has 0 unspecified atom stereocenters. The number of nitrogens with zero attached hydrogens (tertiary/aromatic N) is 2. The second-order valence-electron chi connectivity index (χ2n) is 2.80. The lowest BCUT2D eigenvalue weighted by Crippen LogP contribution is -2.27. The van der Waals surface area contributed by atoms with Gasteiger partial charge in [0.25, 0.3) is 0 Å². The van der Waals surface area contributed by atoms with Crippen LogP contribution in [0.25, 0.3) is 0 Å². The van der Waals surface area contributed by atoms with Crippen LogP contribution in [0.2, 0.25) is 0 Å². The molecule has 0 aliphatic rings. The molecule has 0 atom stereocenters. The van der Waals surface area contributed by atoms with Crippen molar-refractivity contribution in [3.05, 3.63) is 18.7 Å². The third kappa shape index (κ3) is 8.27. The van der Waals surface area contributed by atoms with Crippen molar-refractivity contribution < 1.29 is 32.4 Å². The molecule has 1 rings (SSSR count). The zero-order chi connectivity index (χ0) is 12.8. The Labute approximate surface area is 90.9 Å². The fourth-order valence-corrected chi connectivity index (χ4v) is 0.808. The van der Waals surface area contributed by atoms with E-state index in [9.17, 15) is 13.2 Å². The summed E-state index contributed by atoms with van der Waals surface area (Å²) < 4.78 is 39.0. The van der Waals surface area contributed by atoms with Crippen LogP contribution in [0.15, 0.2) is 18.7 Å². The fraction of sp³-hybridized carbons (Fsp3) is 0.571. The Morgan fingerprint density at radius 3 is 2.12 bits per heavy atom. The van der Waals surface area contributed by atoms with Crippen LogP contribution in [-0.2, 0) is 18.2 Å². The molecule has 0 bridgehead atoms. The fourth-order valence-electron chi connectivity index (χ4n) is 0.808. The molecular formula is C7H13BF3N2O3+. The first-order chi connectivity index (χ1) is 7.24. The number of halogens is 3. The van der Waals surface area contributed by atoms with E-state index in [0.717, 1.165) is 6.54 Å². The van der Waals surface area contributed by atoms with Gasteiger partial charge in [-0.1, -0.05) is 0 Å². The average molecular weight is 241 g/mol. The standard InChI is InChI=1S/C6H11N2.CH2BF3O3/c1-3-8-5-4-7(2)6-8;3-1(4,5)8-2(6)7/h4-6H,3H2,1-2H3;6-7H/q+1;. The smallest absolute Gasteiger partial charge is 0.402 e. The second kappa shape index (κ2) is 6.51. The van der Waals surface area contributed by atoms with Gasteiger partial charge in [-0.2, -0.15) is 0 Å². The topological polar surface area (TPSA) is 58.5 Å². The molecule has 2 N–H and O–H groups in total. The molecular weight excluding hydrogens is 228 g/mol. The number of imidazole rings is 1. The quantitative estimate of drug-likeness (QED) is 0.558. The summed E-state index contributed by atoms with van der Waals surface area (Å²) in [6.07, 6.45) is 1.16. The Morgan fingerprint density at radius 1 is 1.44 bits per heavy atom. The maximum absolute atomic E-state index is 10.8. The van der Waals surface area contributed by atoms with Gasteiger partial charge in [0, 0.05) is 0 Å². The van der Waals surface area contributed by atoms with Crippen molar-refractivity contribution in [2.24, 2.45) is 7.05 Å². The predicted molar refractivity (Wildman–Crippen MR) is 48.6 cm³/mol. The summed E-state index contributed by atoms with van der Waals surface area (Å²) in [7, 11) is -0.762. The molecule has 0 spiro atoms. The zero-order valence-corrected chi connectivity index (χ0v) is 8.85. The molecule has 16 heavy (non-hydrogen) atoms. The van der Waals surface area contributed by atoms with Crippen LogP contribution >= 0.6 is 0 Å². The molecule has 0 aromatic carbocycles. The maximum atomic E-state index is 10.8. The molecule has 1 aromatic heterocycles. The lowest BCUT2D eigenvalue weighted by molar-refractivity contribution is -0.671. The summed E-state index contributed by atoms with van der Waals surface area (Å²) >= 11 is 0. The van der Waals surface area contributed by atoms with Crippen molar-refractivity contribution in [1.82, 2.24) is 4.57 Å². The highest BCUT2D eigenvalue weighted by Crippen LogP contribution is 2.15. The highest BCUT2D eigenvalue weighted by molar-refractivity contribution is 6.32. The lowest BCUT2D eigenvalue weighted by atomic mass is 10.3. The van der Waals surface area contributed by atoms with Gasteiger partial charge in [0.1, 0.15) is 12.4 Å². The summed E-state index contributed by atoms with van der Waals surface area (Å²) in [5.41, 5.74) is 0. The molecule has 5 nitrogen and oxygen atoms in total. The summed E-state index contributed by atoms with van der Waals surface area (Å²) in [6, 6.07) is 0. The van der Waals surface area contributed by atoms with Crippen LogP contribution in [0.3, 0.4) is 0 Å². The van der Waals surface area contributed by atoms with Crippen LogP contribution in [0.5, 0.6) is 0 Å². The van der Waals surface area contributed by atoms with E-state index >= 15 is 0 Å². The maximum Gasteiger partial charge on any atom is 0.640 e. The van der Waals surface area contributed by atoms with Crippen molar-refractivity contribution >= 4 is 7.32 Å². The molecule has 1 heterocycles. The van der Waals surface area contributed by atoms with Crippen molar-refractivity contribution in [2.75, 3.05) is 0 Å². The Bertz CT molecular complexity index is 303. The lowest BCUT2D eigenvalue weighted by Gasteiger charge is -2.03. The van der Waals surface area contributed by atoms with Gasteiger partial charge in [-0.05, 0) is 6.92 Å². The van der Waals surface area contributed by atoms with Crippen LogP contribution < -0.4 is 4.57 Å². The van der Waals surface area contributed by atoms with Gasteiger partial charge in [-0.25, -0.2) is 9.13 Å². The van der Waals surface area contributed by atoms with E-state index in [1.54, 1.807) is 0 Å². The van der Waals surface area contributed by atoms with Crippen molar-refractivity contribution in [3.8, 4) is 0 Å². The third-order valence-electron chi connectivity index (χ3n) is 1.43. The first kappa shape index (κ1) is 14.9. The molecule has 0 aliphatic carbocycles. The highest BCUT2D eigenvalue weighted by Gasteiger charge is 2.34. The van der Waals surface area contributed by atoms with Gasteiger partial charge >= 0.3 is 13.7 Å². The van der Waals surface area contributed by atoms with Gasteiger partial charge in [-0.3, -0.25) is 4.65 Å². The van der Waals surface area contributed by atoms with Crippen LogP contribution in [0.4, 0.5) is 13.2 Å². The molecule has 92 valence electrons. The number of rotatable bonds is 2. The van der Waals surface area contributed by atoms with Crippen molar-refractivity contribution in [2.45, 2.75) is 19.8 Å². The normalized spacial score (nSPS) is 10.7. The SMILES string of the molecule is CCn1cc[n+](C)c1.OB(O)OC(F)(F)F. The molecule has 0 saturated carbocycles. The van der Waals surface area contributed by atoms with Crippen LogP contribution in [0, 0.1) is 0 Å². The number of hydrogen-bond donors (Lipinski definition) is 2. The Hall–Kier alpha value is -1.06. The molecule has 0 aliphatic heterocycles. The van der Waals surface area contributed by atoms with E-state index < -0.39 is 13.7 Å². The largest absolute Gasteiger partial charge is 0.640 e. The zero-order valence-electron chi connectivity index (χ0n) is 8.85. The van der Waals surface area contributed by atoms with Gasteiger partial charge in [-0.15, -0.1) is 13.2 Å². The van der Waals surface area contributed by atoms with E-state index in [0.29, 0.717) is 0 Å². The number of alkyl halides is 3. The molecule has 0 saturated heterocycles. The monoisotopic (exact) mass is 241 g/mol.